The lowest BCUT2D eigenvalue weighted by atomic mass is 9.89. The van der Waals surface area contributed by atoms with Crippen molar-refractivity contribution in [2.75, 3.05) is 0 Å². The summed E-state index contributed by atoms with van der Waals surface area (Å²) in [5.74, 6) is 0.302. The summed E-state index contributed by atoms with van der Waals surface area (Å²) in [7, 11) is 7.70. The van der Waals surface area contributed by atoms with Gasteiger partial charge in [-0.25, -0.2) is 0 Å². The molecule has 0 saturated heterocycles. The Morgan fingerprint density at radius 2 is 1.50 bits per heavy atom. The third-order valence-corrected chi connectivity index (χ3v) is 9.12. The Hall–Kier alpha value is 1.39. The quantitative estimate of drug-likeness (QED) is 0.679. The fourth-order valence-corrected chi connectivity index (χ4v) is 2.58. The summed E-state index contributed by atoms with van der Waals surface area (Å²) in [6.07, 6.45) is 0. The van der Waals surface area contributed by atoms with E-state index in [1.807, 2.05) is 27.7 Å². The molecule has 0 heterocycles. The molecule has 0 bridgehead atoms. The van der Waals surface area contributed by atoms with Gasteiger partial charge in [-0.15, -0.1) is 27.1 Å². The van der Waals surface area contributed by atoms with Crippen LogP contribution < -0.4 is 0 Å². The van der Waals surface area contributed by atoms with Crippen molar-refractivity contribution >= 4 is 40.2 Å². The Morgan fingerprint density at radius 1 is 1.17 bits per heavy atom. The van der Waals surface area contributed by atoms with Crippen LogP contribution in [0.1, 0.15) is 27.7 Å². The Labute approximate surface area is 83.4 Å². The van der Waals surface area contributed by atoms with E-state index in [0.29, 0.717) is 5.78 Å². The van der Waals surface area contributed by atoms with E-state index < -0.39 is 7.30 Å². The van der Waals surface area contributed by atoms with Gasteiger partial charge in [0, 0.05) is 5.41 Å². The Morgan fingerprint density at radius 3 is 1.58 bits per heavy atom. The van der Waals surface area contributed by atoms with Crippen LogP contribution in [0.4, 0.5) is 0 Å². The first kappa shape index (κ1) is 13.4. The van der Waals surface area contributed by atoms with Crippen LogP contribution >= 0.6 is 34.4 Å². The van der Waals surface area contributed by atoms with Gasteiger partial charge in [0.25, 0.3) is 0 Å². The minimum absolute atomic E-state index is 0.246. The van der Waals surface area contributed by atoms with Crippen LogP contribution in [0.5, 0.6) is 0 Å². The van der Waals surface area contributed by atoms with Gasteiger partial charge in [0.1, 0.15) is 0 Å². The molecule has 12 heavy (non-hydrogen) atoms. The molecular formula is C7H18OP4. The molecular weight excluding hydrogens is 224 g/mol. The molecule has 4 atom stereocenters. The van der Waals surface area contributed by atoms with E-state index in [0.717, 1.165) is 0 Å². The zero-order chi connectivity index (χ0) is 10.2. The molecule has 1 nitrogen and oxygen atoms in total. The zero-order valence-corrected chi connectivity index (χ0v) is 12.4. The molecule has 0 aromatic heterocycles. The highest BCUT2D eigenvalue weighted by Gasteiger charge is 2.38. The largest absolute Gasteiger partial charge is 0.298 e. The maximum atomic E-state index is 11.9. The Bertz CT molecular complexity index is 180. The van der Waals surface area contributed by atoms with Crippen LogP contribution in [0.25, 0.3) is 0 Å². The van der Waals surface area contributed by atoms with Crippen molar-refractivity contribution in [2.45, 2.75) is 32.6 Å². The van der Waals surface area contributed by atoms with Crippen molar-refractivity contribution in [3.8, 4) is 0 Å². The number of hydrogen-bond donors (Lipinski definition) is 0. The highest BCUT2D eigenvalue weighted by atomic mass is 32.4. The summed E-state index contributed by atoms with van der Waals surface area (Å²) in [5.41, 5.74) is -0.246. The molecule has 4 unspecified atom stereocenters. The van der Waals surface area contributed by atoms with E-state index in [1.54, 1.807) is 0 Å². The molecule has 0 aromatic rings. The average molecular weight is 242 g/mol. The molecule has 0 spiro atoms. The SMILES string of the molecule is CC(C)(C)C(=O)C(C)(P)P(P)P. The van der Waals surface area contributed by atoms with E-state index in [2.05, 4.69) is 27.1 Å². The topological polar surface area (TPSA) is 17.1 Å². The van der Waals surface area contributed by atoms with E-state index in [9.17, 15) is 4.79 Å². The summed E-state index contributed by atoms with van der Waals surface area (Å²) in [6, 6.07) is 0. The molecule has 0 saturated carbocycles. The first-order chi connectivity index (χ1) is 5.10. The fraction of sp³-hybridized carbons (Fsp3) is 0.857. The third-order valence-electron chi connectivity index (χ3n) is 1.68. The number of Topliss-reactive ketones (excluding diaryl/α,β-unsaturated/α-hetero) is 1. The zero-order valence-electron chi connectivity index (χ0n) is 8.09. The van der Waals surface area contributed by atoms with Crippen LogP contribution in [0.2, 0.25) is 0 Å². The number of ketones is 1. The molecule has 0 radical (unpaired) electrons. The lowest BCUT2D eigenvalue weighted by Crippen LogP contribution is -2.34. The van der Waals surface area contributed by atoms with Crippen molar-refractivity contribution in [1.82, 2.24) is 0 Å². The van der Waals surface area contributed by atoms with Gasteiger partial charge in [-0.1, -0.05) is 28.1 Å². The number of rotatable bonds is 2. The highest BCUT2D eigenvalue weighted by molar-refractivity contribution is 8.45. The van der Waals surface area contributed by atoms with Crippen LogP contribution in [0.15, 0.2) is 0 Å². The second-order valence-corrected chi connectivity index (χ2v) is 12.6. The monoisotopic (exact) mass is 242 g/mol. The van der Waals surface area contributed by atoms with E-state index >= 15 is 0 Å². The number of carbonyl (C=O) groups is 1. The van der Waals surface area contributed by atoms with E-state index in [4.69, 9.17) is 0 Å². The standard InChI is InChI=1S/C7H18OP4/c1-6(2,3)5(8)7(4,9)12(10)11/h9-11H2,1-4H3. The van der Waals surface area contributed by atoms with Gasteiger partial charge in [0.2, 0.25) is 0 Å². The van der Waals surface area contributed by atoms with Crippen LogP contribution in [-0.4, -0.2) is 10.7 Å². The van der Waals surface area contributed by atoms with Crippen molar-refractivity contribution in [3.63, 3.8) is 0 Å². The minimum atomic E-state index is -0.401. The van der Waals surface area contributed by atoms with Crippen molar-refractivity contribution in [3.05, 3.63) is 0 Å². The maximum Gasteiger partial charge on any atom is 0.152 e. The molecule has 0 amide bonds. The second kappa shape index (κ2) is 4.28. The number of hydrogen-bond acceptors (Lipinski definition) is 1. The van der Waals surface area contributed by atoms with Gasteiger partial charge in [0.05, 0.1) is 4.90 Å². The third kappa shape index (κ3) is 3.27. The van der Waals surface area contributed by atoms with Gasteiger partial charge in [-0.05, 0) is 6.92 Å². The Kier molecular flexibility index (Phi) is 4.77. The lowest BCUT2D eigenvalue weighted by Gasteiger charge is -2.33. The average Bonchev–Trinajstić information content (AvgIpc) is 1.83. The van der Waals surface area contributed by atoms with Gasteiger partial charge < -0.3 is 0 Å². The lowest BCUT2D eigenvalue weighted by molar-refractivity contribution is -0.126. The van der Waals surface area contributed by atoms with Gasteiger partial charge in [-0.3, -0.25) is 4.79 Å². The molecule has 0 aliphatic carbocycles. The molecule has 0 fully saturated rings. The molecule has 0 aliphatic heterocycles. The first-order valence-electron chi connectivity index (χ1n) is 3.73. The molecule has 5 heteroatoms. The predicted molar refractivity (Wildman–Crippen MR) is 68.9 cm³/mol. The summed E-state index contributed by atoms with van der Waals surface area (Å²) < 4.78 is 0. The smallest absolute Gasteiger partial charge is 0.152 e. The van der Waals surface area contributed by atoms with Gasteiger partial charge >= 0.3 is 0 Å². The van der Waals surface area contributed by atoms with Crippen LogP contribution in [0, 0.1) is 5.41 Å². The first-order valence-corrected chi connectivity index (χ1v) is 8.89. The van der Waals surface area contributed by atoms with Crippen LogP contribution in [-0.2, 0) is 4.79 Å². The molecule has 72 valence electrons. The van der Waals surface area contributed by atoms with E-state index in [-0.39, 0.29) is 10.3 Å². The molecule has 0 aromatic carbocycles. The predicted octanol–water partition coefficient (Wildman–Crippen LogP) is 3.26. The molecule has 0 aliphatic rings. The van der Waals surface area contributed by atoms with Crippen molar-refractivity contribution < 1.29 is 4.79 Å². The van der Waals surface area contributed by atoms with Crippen molar-refractivity contribution in [2.24, 2.45) is 5.41 Å². The second-order valence-electron chi connectivity index (χ2n) is 4.13. The number of carbonyl (C=O) groups excluding carboxylic acids is 1. The summed E-state index contributed by atoms with van der Waals surface area (Å²) in [6.45, 7) is 7.88. The fourth-order valence-electron chi connectivity index (χ4n) is 0.876. The highest BCUT2D eigenvalue weighted by Crippen LogP contribution is 2.67. The summed E-state index contributed by atoms with van der Waals surface area (Å²) >= 11 is 0. The van der Waals surface area contributed by atoms with Crippen LogP contribution in [0.3, 0.4) is 0 Å². The van der Waals surface area contributed by atoms with Crippen molar-refractivity contribution in [1.29, 1.82) is 0 Å². The van der Waals surface area contributed by atoms with Gasteiger partial charge in [0.15, 0.2) is 5.78 Å². The molecule has 0 N–H and O–H groups in total. The minimum Gasteiger partial charge on any atom is -0.298 e. The summed E-state index contributed by atoms with van der Waals surface area (Å²) in [4.78, 5) is 11.6. The summed E-state index contributed by atoms with van der Waals surface area (Å²) in [5, 5.41) is 0. The normalized spacial score (nSPS) is 17.7. The van der Waals surface area contributed by atoms with E-state index in [1.165, 1.54) is 0 Å². The van der Waals surface area contributed by atoms with Gasteiger partial charge in [-0.2, -0.15) is 0 Å². The molecule has 0 rings (SSSR count). The maximum absolute atomic E-state index is 11.9. The Balaban J connectivity index is 4.70.